The molecule has 17 heavy (non-hydrogen) atoms. The van der Waals surface area contributed by atoms with E-state index in [9.17, 15) is 9.59 Å². The topological polar surface area (TPSA) is 37.4 Å². The first-order valence-corrected chi connectivity index (χ1v) is 7.04. The number of hydrogen-bond donors (Lipinski definition) is 0. The normalized spacial score (nSPS) is 31.1. The van der Waals surface area contributed by atoms with Crippen LogP contribution in [-0.2, 0) is 9.59 Å². The Kier molecular flexibility index (Phi) is 3.43. The van der Waals surface area contributed by atoms with Crippen molar-refractivity contribution in [2.45, 2.75) is 49.4 Å². The van der Waals surface area contributed by atoms with E-state index in [2.05, 4.69) is 22.5 Å². The Balaban J connectivity index is 2.32. The average Bonchev–Trinajstić information content (AvgIpc) is 2.60. The van der Waals surface area contributed by atoms with Gasteiger partial charge in [-0.05, 0) is 32.6 Å². The van der Waals surface area contributed by atoms with Crippen molar-refractivity contribution in [2.75, 3.05) is 6.54 Å². The first-order chi connectivity index (χ1) is 7.97. The number of piperidine rings is 1. The van der Waals surface area contributed by atoms with Gasteiger partial charge in [0.2, 0.25) is 5.91 Å². The molecule has 1 saturated heterocycles. The predicted octanol–water partition coefficient (Wildman–Crippen LogP) is 2.44. The lowest BCUT2D eigenvalue weighted by molar-refractivity contribution is -0.145. The van der Waals surface area contributed by atoms with Crippen LogP contribution in [0.5, 0.6) is 0 Å². The zero-order valence-corrected chi connectivity index (χ0v) is 11.8. The van der Waals surface area contributed by atoms with Crippen molar-refractivity contribution in [3.63, 3.8) is 0 Å². The molecule has 2 fully saturated rings. The van der Waals surface area contributed by atoms with Crippen LogP contribution in [0.15, 0.2) is 12.2 Å². The van der Waals surface area contributed by atoms with E-state index < -0.39 is 5.54 Å². The second-order valence-electron chi connectivity index (χ2n) is 5.09. The van der Waals surface area contributed by atoms with E-state index in [1.165, 1.54) is 0 Å². The van der Waals surface area contributed by atoms with Crippen molar-refractivity contribution in [2.24, 2.45) is 0 Å². The molecule has 0 aromatic rings. The van der Waals surface area contributed by atoms with Gasteiger partial charge in [-0.15, -0.1) is 0 Å². The smallest absolute Gasteiger partial charge is 0.236 e. The summed E-state index contributed by atoms with van der Waals surface area (Å²) in [6, 6.07) is 0. The van der Waals surface area contributed by atoms with E-state index in [0.717, 1.165) is 24.8 Å². The molecule has 1 unspecified atom stereocenters. The minimum absolute atomic E-state index is 0.0350. The van der Waals surface area contributed by atoms with Gasteiger partial charge in [0.05, 0.1) is 4.83 Å². The molecular weight excluding hydrogens is 282 g/mol. The Morgan fingerprint density at radius 1 is 1.53 bits per heavy atom. The Labute approximate surface area is 110 Å². The molecule has 1 saturated carbocycles. The Morgan fingerprint density at radius 3 is 2.76 bits per heavy atom. The highest BCUT2D eigenvalue weighted by atomic mass is 79.9. The summed E-state index contributed by atoms with van der Waals surface area (Å²) in [7, 11) is 0. The molecule has 0 bridgehead atoms. The molecule has 0 aromatic carbocycles. The van der Waals surface area contributed by atoms with Crippen molar-refractivity contribution in [1.29, 1.82) is 0 Å². The second-order valence-corrected chi connectivity index (χ2v) is 6.46. The molecular formula is C13H18BrNO2. The van der Waals surface area contributed by atoms with E-state index >= 15 is 0 Å². The highest BCUT2D eigenvalue weighted by molar-refractivity contribution is 9.10. The number of halogens is 1. The van der Waals surface area contributed by atoms with Crippen molar-refractivity contribution in [3.05, 3.63) is 12.2 Å². The monoisotopic (exact) mass is 299 g/mol. The fourth-order valence-corrected chi connectivity index (χ4v) is 3.25. The van der Waals surface area contributed by atoms with Gasteiger partial charge < -0.3 is 4.90 Å². The molecule has 2 atom stereocenters. The first kappa shape index (κ1) is 12.8. The third kappa shape index (κ3) is 2.07. The highest BCUT2D eigenvalue weighted by Crippen LogP contribution is 2.41. The average molecular weight is 300 g/mol. The number of hydrogen-bond acceptors (Lipinski definition) is 2. The third-order valence-corrected chi connectivity index (χ3v) is 4.26. The fourth-order valence-electron chi connectivity index (χ4n) is 3.00. The van der Waals surface area contributed by atoms with Gasteiger partial charge >= 0.3 is 0 Å². The minimum Gasteiger partial charge on any atom is -0.328 e. The van der Waals surface area contributed by atoms with Crippen LogP contribution < -0.4 is 0 Å². The van der Waals surface area contributed by atoms with Crippen LogP contribution in [0, 0.1) is 0 Å². The summed E-state index contributed by atoms with van der Waals surface area (Å²) >= 11 is 3.32. The number of rotatable bonds is 1. The molecule has 3 nitrogen and oxygen atoms in total. The van der Waals surface area contributed by atoms with Crippen molar-refractivity contribution >= 4 is 27.6 Å². The van der Waals surface area contributed by atoms with Crippen LogP contribution in [-0.4, -0.2) is 33.5 Å². The lowest BCUT2D eigenvalue weighted by Gasteiger charge is -2.45. The first-order valence-electron chi connectivity index (χ1n) is 6.13. The van der Waals surface area contributed by atoms with E-state index in [4.69, 9.17) is 0 Å². The molecule has 2 rings (SSSR count). The van der Waals surface area contributed by atoms with E-state index in [-0.39, 0.29) is 16.5 Å². The number of amides is 1. The molecule has 1 heterocycles. The standard InChI is InChI=1S/C13H18BrNO2/c1-9-5-7-15(12(17)10(2)14)13(8-9)6-3-4-11(13)16/h10H,1,3-8H2,2H3/t10?,13-/m1/s1. The largest absolute Gasteiger partial charge is 0.328 e. The number of nitrogens with zero attached hydrogens (tertiary/aromatic N) is 1. The summed E-state index contributed by atoms with van der Waals surface area (Å²) in [5.41, 5.74) is 0.542. The van der Waals surface area contributed by atoms with Gasteiger partial charge in [0.15, 0.2) is 5.78 Å². The number of carbonyl (C=O) groups is 2. The summed E-state index contributed by atoms with van der Waals surface area (Å²) in [5, 5.41) is 0. The molecule has 2 aliphatic rings. The maximum absolute atomic E-state index is 12.2. The van der Waals surface area contributed by atoms with Crippen LogP contribution in [0.4, 0.5) is 0 Å². The molecule has 4 heteroatoms. The maximum atomic E-state index is 12.2. The van der Waals surface area contributed by atoms with Gasteiger partial charge in [0, 0.05) is 13.0 Å². The molecule has 0 N–H and O–H groups in total. The number of alkyl halides is 1. The lowest BCUT2D eigenvalue weighted by Crippen LogP contribution is -2.58. The summed E-state index contributed by atoms with van der Waals surface area (Å²) < 4.78 is 0. The highest BCUT2D eigenvalue weighted by Gasteiger charge is 2.50. The Morgan fingerprint density at radius 2 is 2.24 bits per heavy atom. The van der Waals surface area contributed by atoms with Crippen molar-refractivity contribution in [1.82, 2.24) is 4.90 Å². The van der Waals surface area contributed by atoms with Gasteiger partial charge in [-0.3, -0.25) is 9.59 Å². The number of carbonyl (C=O) groups excluding carboxylic acids is 2. The van der Waals surface area contributed by atoms with E-state index in [1.807, 2.05) is 6.92 Å². The molecule has 1 spiro atoms. The Hall–Kier alpha value is -0.640. The summed E-state index contributed by atoms with van der Waals surface area (Å²) in [5.74, 6) is 0.257. The summed E-state index contributed by atoms with van der Waals surface area (Å²) in [4.78, 5) is 26.0. The molecule has 1 aliphatic heterocycles. The summed E-state index contributed by atoms with van der Waals surface area (Å²) in [6.45, 7) is 6.46. The van der Waals surface area contributed by atoms with Crippen LogP contribution in [0.2, 0.25) is 0 Å². The van der Waals surface area contributed by atoms with Crippen molar-refractivity contribution in [3.8, 4) is 0 Å². The zero-order valence-electron chi connectivity index (χ0n) is 10.2. The number of likely N-dealkylation sites (tertiary alicyclic amines) is 1. The van der Waals surface area contributed by atoms with Crippen LogP contribution in [0.3, 0.4) is 0 Å². The van der Waals surface area contributed by atoms with Gasteiger partial charge in [-0.25, -0.2) is 0 Å². The minimum atomic E-state index is -0.561. The molecule has 94 valence electrons. The molecule has 1 aliphatic carbocycles. The SMILES string of the molecule is C=C1CCN(C(=O)C(C)Br)[C@]2(CCCC2=O)C1. The quantitative estimate of drug-likeness (QED) is 0.551. The van der Waals surface area contributed by atoms with Crippen LogP contribution in [0.25, 0.3) is 0 Å². The van der Waals surface area contributed by atoms with Crippen molar-refractivity contribution < 1.29 is 9.59 Å². The van der Waals surface area contributed by atoms with Crippen LogP contribution in [0.1, 0.15) is 39.0 Å². The number of Topliss-reactive ketones (excluding diaryl/α,β-unsaturated/α-hetero) is 1. The van der Waals surface area contributed by atoms with Gasteiger partial charge in [0.25, 0.3) is 0 Å². The Bertz CT molecular complexity index is 378. The second kappa shape index (κ2) is 4.56. The molecule has 0 radical (unpaired) electrons. The van der Waals surface area contributed by atoms with E-state index in [1.54, 1.807) is 4.90 Å². The number of ketones is 1. The van der Waals surface area contributed by atoms with Gasteiger partial charge in [0.1, 0.15) is 5.54 Å². The lowest BCUT2D eigenvalue weighted by atomic mass is 9.81. The third-order valence-electron chi connectivity index (χ3n) is 3.87. The molecule has 0 aromatic heterocycles. The van der Waals surface area contributed by atoms with Gasteiger partial charge in [-0.2, -0.15) is 0 Å². The van der Waals surface area contributed by atoms with Gasteiger partial charge in [-0.1, -0.05) is 28.1 Å². The predicted molar refractivity (Wildman–Crippen MR) is 70.1 cm³/mol. The van der Waals surface area contributed by atoms with Crippen LogP contribution >= 0.6 is 15.9 Å². The fraction of sp³-hybridized carbons (Fsp3) is 0.692. The summed E-state index contributed by atoms with van der Waals surface area (Å²) in [6.07, 6.45) is 3.79. The van der Waals surface area contributed by atoms with E-state index in [0.29, 0.717) is 19.4 Å². The zero-order chi connectivity index (χ0) is 12.6. The maximum Gasteiger partial charge on any atom is 0.236 e. The molecule has 1 amide bonds.